The third-order valence-corrected chi connectivity index (χ3v) is 8.03. The van der Waals surface area contributed by atoms with Crippen LogP contribution >= 0.6 is 0 Å². The first-order valence-electron chi connectivity index (χ1n) is 17.5. The molecule has 0 aromatic carbocycles. The van der Waals surface area contributed by atoms with E-state index in [1.807, 2.05) is 0 Å². The average molecular weight is 595 g/mol. The first-order chi connectivity index (χ1) is 20.1. The number of hydrogen-bond acceptors (Lipinski definition) is 4. The highest BCUT2D eigenvalue weighted by Gasteiger charge is 2.16. The zero-order chi connectivity index (χ0) is 31.4. The summed E-state index contributed by atoms with van der Waals surface area (Å²) in [5, 5.41) is 0. The molecule has 6 heteroatoms. The van der Waals surface area contributed by atoms with Gasteiger partial charge in [0, 0.05) is 12.8 Å². The van der Waals surface area contributed by atoms with E-state index in [1.54, 1.807) is 0 Å². The van der Waals surface area contributed by atoms with Gasteiger partial charge in [0.2, 0.25) is 0 Å². The van der Waals surface area contributed by atoms with Crippen LogP contribution in [0.1, 0.15) is 142 Å². The molecule has 0 saturated carbocycles. The predicted molar refractivity (Wildman–Crippen MR) is 177 cm³/mol. The Morgan fingerprint density at radius 1 is 0.476 bits per heavy atom. The van der Waals surface area contributed by atoms with E-state index < -0.39 is 0 Å². The predicted octanol–water partition coefficient (Wildman–Crippen LogP) is 8.07. The fourth-order valence-electron chi connectivity index (χ4n) is 4.82. The third-order valence-electron chi connectivity index (χ3n) is 8.03. The Morgan fingerprint density at radius 2 is 0.762 bits per heavy atom. The van der Waals surface area contributed by atoms with Gasteiger partial charge in [0.05, 0.1) is 28.2 Å². The van der Waals surface area contributed by atoms with Crippen LogP contribution in [0.15, 0.2) is 0 Å². The zero-order valence-corrected chi connectivity index (χ0v) is 28.9. The number of hydrogen-bond donors (Lipinski definition) is 0. The Hall–Kier alpha value is -1.58. The second-order valence-electron chi connectivity index (χ2n) is 13.6. The van der Waals surface area contributed by atoms with Gasteiger partial charge >= 0.3 is 11.9 Å². The molecular formula is C36H70N2O4+2. The van der Waals surface area contributed by atoms with Gasteiger partial charge in [-0.25, -0.2) is 0 Å². The Labute approximate surface area is 261 Å². The van der Waals surface area contributed by atoms with E-state index in [4.69, 9.17) is 9.47 Å². The molecule has 42 heavy (non-hydrogen) atoms. The van der Waals surface area contributed by atoms with E-state index in [9.17, 15) is 9.59 Å². The van der Waals surface area contributed by atoms with Crippen LogP contribution < -0.4 is 0 Å². The van der Waals surface area contributed by atoms with Gasteiger partial charge in [0.1, 0.15) is 39.4 Å². The van der Waals surface area contributed by atoms with Crippen molar-refractivity contribution in [1.29, 1.82) is 0 Å². The van der Waals surface area contributed by atoms with Crippen LogP contribution in [0.4, 0.5) is 0 Å². The Kier molecular flexibility index (Phi) is 26.0. The van der Waals surface area contributed by atoms with E-state index in [1.165, 1.54) is 89.9 Å². The highest BCUT2D eigenvalue weighted by molar-refractivity contribution is 5.69. The number of likely N-dealkylation sites (N-methyl/N-ethyl adjacent to an activating group) is 2. The average Bonchev–Trinajstić information content (AvgIpc) is 2.93. The fraction of sp³-hybridized carbons (Fsp3) is 0.889. The molecule has 0 aromatic heterocycles. The normalized spacial score (nSPS) is 11.7. The van der Waals surface area contributed by atoms with Crippen molar-refractivity contribution in [3.8, 4) is 11.8 Å². The number of esters is 2. The standard InChI is InChI=1S/C36H70N2O4/c1-7-9-11-13-15-17-19-21-23-27-35(39)41-33-31-37(3,4)29-25-26-30-38(5,6)32-34-42-36(40)28-24-22-20-18-16-14-12-10-8-2/h7-24,27-34H2,1-6H3/q+2. The molecule has 0 aliphatic carbocycles. The minimum absolute atomic E-state index is 0.0723. The summed E-state index contributed by atoms with van der Waals surface area (Å²) in [4.78, 5) is 24.1. The number of unbranched alkanes of at least 4 members (excludes halogenated alkanes) is 16. The van der Waals surface area contributed by atoms with E-state index in [0.29, 0.717) is 48.1 Å². The molecule has 0 atom stereocenters. The largest absolute Gasteiger partial charge is 0.460 e. The van der Waals surface area contributed by atoms with E-state index in [-0.39, 0.29) is 11.9 Å². The molecule has 6 nitrogen and oxygen atoms in total. The maximum atomic E-state index is 12.1. The summed E-state index contributed by atoms with van der Waals surface area (Å²) in [6.07, 6.45) is 23.6. The lowest BCUT2D eigenvalue weighted by Gasteiger charge is -2.28. The lowest BCUT2D eigenvalue weighted by Crippen LogP contribution is -2.44. The quantitative estimate of drug-likeness (QED) is 0.0398. The third kappa shape index (κ3) is 28.5. The molecule has 0 bridgehead atoms. The Morgan fingerprint density at radius 3 is 1.07 bits per heavy atom. The van der Waals surface area contributed by atoms with Crippen LogP contribution in [0, 0.1) is 11.8 Å². The lowest BCUT2D eigenvalue weighted by atomic mass is 10.1. The molecule has 0 unspecified atom stereocenters. The van der Waals surface area contributed by atoms with Gasteiger partial charge in [-0.2, -0.15) is 0 Å². The molecule has 0 saturated heterocycles. The topological polar surface area (TPSA) is 52.6 Å². The molecule has 0 aliphatic rings. The monoisotopic (exact) mass is 595 g/mol. The molecule has 0 spiro atoms. The summed E-state index contributed by atoms with van der Waals surface area (Å²) in [6, 6.07) is 0. The van der Waals surface area contributed by atoms with E-state index >= 15 is 0 Å². The van der Waals surface area contributed by atoms with Gasteiger partial charge in [-0.1, -0.05) is 117 Å². The highest BCUT2D eigenvalue weighted by atomic mass is 16.5. The first-order valence-corrected chi connectivity index (χ1v) is 17.5. The molecule has 0 fully saturated rings. The number of nitrogens with zero attached hydrogens (tertiary/aromatic N) is 2. The molecule has 246 valence electrons. The highest BCUT2D eigenvalue weighted by Crippen LogP contribution is 2.12. The summed E-state index contributed by atoms with van der Waals surface area (Å²) >= 11 is 0. The summed E-state index contributed by atoms with van der Waals surface area (Å²) in [7, 11) is 8.48. The van der Waals surface area contributed by atoms with Gasteiger partial charge in [0.15, 0.2) is 0 Å². The van der Waals surface area contributed by atoms with Gasteiger partial charge in [-0.3, -0.25) is 9.59 Å². The number of carbonyl (C=O) groups is 2. The molecule has 0 rings (SSSR count). The minimum Gasteiger partial charge on any atom is -0.460 e. The molecule has 0 aliphatic heterocycles. The number of ether oxygens (including phenoxy) is 2. The van der Waals surface area contributed by atoms with Gasteiger partial charge < -0.3 is 18.4 Å². The van der Waals surface area contributed by atoms with Crippen molar-refractivity contribution in [3.63, 3.8) is 0 Å². The summed E-state index contributed by atoms with van der Waals surface area (Å²) in [5.74, 6) is 6.47. The summed E-state index contributed by atoms with van der Waals surface area (Å²) in [5.41, 5.74) is 0. The number of rotatable bonds is 28. The minimum atomic E-state index is -0.0723. The Balaban J connectivity index is 3.87. The number of carbonyl (C=O) groups excluding carboxylic acids is 2. The van der Waals surface area contributed by atoms with Crippen molar-refractivity contribution < 1.29 is 28.0 Å². The SMILES string of the molecule is CCCCCCCCCCCC(=O)OCC[N+](C)(C)CC#CC[N+](C)(C)CCOC(=O)CCCCCCCCCCC. The maximum Gasteiger partial charge on any atom is 0.305 e. The van der Waals surface area contributed by atoms with Crippen molar-refractivity contribution in [2.24, 2.45) is 0 Å². The first kappa shape index (κ1) is 40.4. The van der Waals surface area contributed by atoms with Gasteiger partial charge in [-0.05, 0) is 24.7 Å². The van der Waals surface area contributed by atoms with Crippen molar-refractivity contribution in [2.75, 3.05) is 67.6 Å². The van der Waals surface area contributed by atoms with Crippen molar-refractivity contribution >= 4 is 11.9 Å². The second kappa shape index (κ2) is 27.0. The smallest absolute Gasteiger partial charge is 0.305 e. The van der Waals surface area contributed by atoms with Gasteiger partial charge in [-0.15, -0.1) is 0 Å². The van der Waals surface area contributed by atoms with Crippen LogP contribution in [-0.2, 0) is 19.1 Å². The van der Waals surface area contributed by atoms with Crippen molar-refractivity contribution in [2.45, 2.75) is 142 Å². The van der Waals surface area contributed by atoms with E-state index in [2.05, 4.69) is 53.9 Å². The Bertz CT molecular complexity index is 666. The lowest BCUT2D eigenvalue weighted by molar-refractivity contribution is -0.884. The van der Waals surface area contributed by atoms with Gasteiger partial charge in [0.25, 0.3) is 0 Å². The summed E-state index contributed by atoms with van der Waals surface area (Å²) in [6.45, 7) is 8.31. The van der Waals surface area contributed by atoms with Crippen molar-refractivity contribution in [1.82, 2.24) is 0 Å². The van der Waals surface area contributed by atoms with Crippen LogP contribution in [0.3, 0.4) is 0 Å². The molecule has 0 radical (unpaired) electrons. The summed E-state index contributed by atoms with van der Waals surface area (Å²) < 4.78 is 12.4. The maximum absolute atomic E-state index is 12.1. The molecule has 0 aromatic rings. The van der Waals surface area contributed by atoms with Crippen molar-refractivity contribution in [3.05, 3.63) is 0 Å². The van der Waals surface area contributed by atoms with Crippen LogP contribution in [0.2, 0.25) is 0 Å². The van der Waals surface area contributed by atoms with Crippen LogP contribution in [0.25, 0.3) is 0 Å². The second-order valence-corrected chi connectivity index (χ2v) is 13.6. The molecule has 0 heterocycles. The fourth-order valence-corrected chi connectivity index (χ4v) is 4.82. The van der Waals surface area contributed by atoms with E-state index in [0.717, 1.165) is 38.8 Å². The zero-order valence-electron chi connectivity index (χ0n) is 28.9. The van der Waals surface area contributed by atoms with Crippen LogP contribution in [0.5, 0.6) is 0 Å². The molecular weight excluding hydrogens is 524 g/mol. The molecule has 0 amide bonds. The molecule has 0 N–H and O–H groups in total. The number of quaternary nitrogens is 2. The van der Waals surface area contributed by atoms with Crippen LogP contribution in [-0.4, -0.2) is 88.5 Å².